The zero-order valence-electron chi connectivity index (χ0n) is 9.63. The van der Waals surface area contributed by atoms with Crippen LogP contribution in [0, 0.1) is 6.92 Å². The van der Waals surface area contributed by atoms with Gasteiger partial charge in [-0.1, -0.05) is 39.8 Å². The van der Waals surface area contributed by atoms with Crippen molar-refractivity contribution >= 4 is 0 Å². The number of phenols is 2. The molecule has 0 spiro atoms. The largest absolute Gasteiger partial charge is 0.504 e. The summed E-state index contributed by atoms with van der Waals surface area (Å²) in [5, 5.41) is 18.9. The van der Waals surface area contributed by atoms with Gasteiger partial charge in [-0.3, -0.25) is 0 Å². The number of aromatic hydroxyl groups is 2. The van der Waals surface area contributed by atoms with Gasteiger partial charge >= 0.3 is 0 Å². The van der Waals surface area contributed by atoms with Crippen molar-refractivity contribution in [3.63, 3.8) is 0 Å². The molecule has 0 aliphatic carbocycles. The van der Waals surface area contributed by atoms with Crippen LogP contribution in [0.4, 0.5) is 0 Å². The highest BCUT2D eigenvalue weighted by Crippen LogP contribution is 2.35. The molecule has 2 N–H and O–H groups in total. The van der Waals surface area contributed by atoms with Crippen LogP contribution in [0.15, 0.2) is 12.1 Å². The molecular weight excluding hydrogens is 176 g/mol. The van der Waals surface area contributed by atoms with Gasteiger partial charge in [-0.25, -0.2) is 0 Å². The second kappa shape index (κ2) is 5.53. The lowest BCUT2D eigenvalue weighted by molar-refractivity contribution is 0.395. The highest BCUT2D eigenvalue weighted by molar-refractivity contribution is 5.50. The van der Waals surface area contributed by atoms with Crippen molar-refractivity contribution in [1.29, 1.82) is 0 Å². The number of rotatable bonds is 1. The van der Waals surface area contributed by atoms with Crippen LogP contribution in [0.3, 0.4) is 0 Å². The van der Waals surface area contributed by atoms with Crippen molar-refractivity contribution in [3.8, 4) is 11.5 Å². The predicted molar refractivity (Wildman–Crippen MR) is 59.9 cm³/mol. The molecule has 1 aromatic carbocycles. The van der Waals surface area contributed by atoms with E-state index in [1.165, 1.54) is 0 Å². The molecule has 0 radical (unpaired) electrons. The van der Waals surface area contributed by atoms with Gasteiger partial charge in [0.1, 0.15) is 0 Å². The van der Waals surface area contributed by atoms with Gasteiger partial charge in [0, 0.05) is 5.56 Å². The minimum Gasteiger partial charge on any atom is -0.504 e. The van der Waals surface area contributed by atoms with Crippen molar-refractivity contribution in [1.82, 2.24) is 0 Å². The number of benzene rings is 1. The van der Waals surface area contributed by atoms with Crippen molar-refractivity contribution in [2.75, 3.05) is 0 Å². The van der Waals surface area contributed by atoms with E-state index in [0.29, 0.717) is 5.56 Å². The number of hydrogen-bond acceptors (Lipinski definition) is 2. The number of phenolic OH excluding ortho intramolecular Hbond substituents is 2. The molecule has 0 atom stereocenters. The van der Waals surface area contributed by atoms with Crippen LogP contribution < -0.4 is 0 Å². The summed E-state index contributed by atoms with van der Waals surface area (Å²) in [6, 6.07) is 3.65. The first-order chi connectivity index (χ1) is 6.54. The van der Waals surface area contributed by atoms with E-state index >= 15 is 0 Å². The lowest BCUT2D eigenvalue weighted by Gasteiger charge is -2.10. The molecular formula is C12H20O2. The topological polar surface area (TPSA) is 40.5 Å². The van der Waals surface area contributed by atoms with Gasteiger partial charge in [0.05, 0.1) is 0 Å². The van der Waals surface area contributed by atoms with E-state index in [4.69, 9.17) is 0 Å². The van der Waals surface area contributed by atoms with Crippen molar-refractivity contribution in [3.05, 3.63) is 23.3 Å². The standard InChI is InChI=1S/C10H14O2.C2H6/c1-6(2)8-5-4-7(3)9(11)10(8)12;1-2/h4-6,11-12H,1-3H3;1-2H3. The van der Waals surface area contributed by atoms with E-state index in [1.54, 1.807) is 6.92 Å². The van der Waals surface area contributed by atoms with Gasteiger partial charge in [-0.2, -0.15) is 0 Å². The molecule has 80 valence electrons. The van der Waals surface area contributed by atoms with E-state index in [-0.39, 0.29) is 17.4 Å². The molecule has 14 heavy (non-hydrogen) atoms. The summed E-state index contributed by atoms with van der Waals surface area (Å²) in [6.07, 6.45) is 0. The molecule has 0 fully saturated rings. The average Bonchev–Trinajstić information content (AvgIpc) is 2.17. The van der Waals surface area contributed by atoms with E-state index in [1.807, 2.05) is 39.8 Å². The Morgan fingerprint density at radius 1 is 1.00 bits per heavy atom. The Morgan fingerprint density at radius 3 is 1.93 bits per heavy atom. The van der Waals surface area contributed by atoms with Crippen molar-refractivity contribution in [2.24, 2.45) is 0 Å². The van der Waals surface area contributed by atoms with Gasteiger partial charge in [0.2, 0.25) is 0 Å². The summed E-state index contributed by atoms with van der Waals surface area (Å²) in [4.78, 5) is 0. The average molecular weight is 196 g/mol. The molecule has 1 aromatic rings. The van der Waals surface area contributed by atoms with Gasteiger partial charge in [-0.15, -0.1) is 0 Å². The van der Waals surface area contributed by atoms with Gasteiger partial charge in [0.25, 0.3) is 0 Å². The molecule has 0 bridgehead atoms. The fourth-order valence-corrected chi connectivity index (χ4v) is 1.16. The second-order valence-electron chi connectivity index (χ2n) is 3.32. The minimum absolute atomic E-state index is 0.00111. The van der Waals surface area contributed by atoms with Crippen LogP contribution in [0.2, 0.25) is 0 Å². The van der Waals surface area contributed by atoms with Crippen LogP contribution in [0.1, 0.15) is 44.7 Å². The monoisotopic (exact) mass is 196 g/mol. The highest BCUT2D eigenvalue weighted by atomic mass is 16.3. The van der Waals surface area contributed by atoms with E-state index in [2.05, 4.69) is 0 Å². The highest BCUT2D eigenvalue weighted by Gasteiger charge is 2.10. The van der Waals surface area contributed by atoms with Gasteiger partial charge < -0.3 is 10.2 Å². The lowest BCUT2D eigenvalue weighted by atomic mass is 10.00. The first kappa shape index (κ1) is 12.8. The molecule has 1 rings (SSSR count). The molecule has 0 aliphatic heterocycles. The first-order valence-electron chi connectivity index (χ1n) is 5.05. The third-order valence-electron chi connectivity index (χ3n) is 2.01. The van der Waals surface area contributed by atoms with Crippen LogP contribution in [-0.2, 0) is 0 Å². The van der Waals surface area contributed by atoms with Crippen molar-refractivity contribution < 1.29 is 10.2 Å². The van der Waals surface area contributed by atoms with Gasteiger partial charge in [-0.05, 0) is 18.4 Å². The molecule has 0 aromatic heterocycles. The zero-order valence-corrected chi connectivity index (χ0v) is 9.63. The molecule has 0 amide bonds. The molecule has 0 saturated carbocycles. The Kier molecular flexibility index (Phi) is 5.06. The summed E-state index contributed by atoms with van der Waals surface area (Å²) < 4.78 is 0. The fourth-order valence-electron chi connectivity index (χ4n) is 1.16. The molecule has 2 nitrogen and oxygen atoms in total. The number of hydrogen-bond donors (Lipinski definition) is 2. The van der Waals surface area contributed by atoms with Crippen LogP contribution in [-0.4, -0.2) is 10.2 Å². The normalized spacial score (nSPS) is 9.57. The Morgan fingerprint density at radius 2 is 1.50 bits per heavy atom. The molecule has 0 saturated heterocycles. The summed E-state index contributed by atoms with van der Waals surface area (Å²) in [6.45, 7) is 9.72. The summed E-state index contributed by atoms with van der Waals surface area (Å²) in [5.74, 6) is 0.253. The molecule has 0 aliphatic rings. The maximum atomic E-state index is 9.50. The molecule has 2 heteroatoms. The number of aryl methyl sites for hydroxylation is 1. The predicted octanol–water partition coefficient (Wildman–Crippen LogP) is 3.56. The summed E-state index contributed by atoms with van der Waals surface area (Å²) in [7, 11) is 0. The Bertz CT molecular complexity index is 291. The SMILES string of the molecule is CC.Cc1ccc(C(C)C)c(O)c1O. The summed E-state index contributed by atoms with van der Waals surface area (Å²) in [5.41, 5.74) is 1.50. The van der Waals surface area contributed by atoms with E-state index in [9.17, 15) is 10.2 Å². The summed E-state index contributed by atoms with van der Waals surface area (Å²) >= 11 is 0. The Hall–Kier alpha value is -1.18. The second-order valence-corrected chi connectivity index (χ2v) is 3.32. The van der Waals surface area contributed by atoms with E-state index in [0.717, 1.165) is 5.56 Å². The Labute approximate surface area is 86.2 Å². The minimum atomic E-state index is 0.00111. The first-order valence-corrected chi connectivity index (χ1v) is 5.05. The third-order valence-corrected chi connectivity index (χ3v) is 2.01. The Balaban J connectivity index is 0.000000791. The van der Waals surface area contributed by atoms with Crippen LogP contribution in [0.25, 0.3) is 0 Å². The lowest BCUT2D eigenvalue weighted by Crippen LogP contribution is -1.89. The third kappa shape index (κ3) is 2.66. The van der Waals surface area contributed by atoms with Gasteiger partial charge in [0.15, 0.2) is 11.5 Å². The molecule has 0 heterocycles. The molecule has 0 unspecified atom stereocenters. The smallest absolute Gasteiger partial charge is 0.161 e. The van der Waals surface area contributed by atoms with Crippen molar-refractivity contribution in [2.45, 2.75) is 40.5 Å². The zero-order chi connectivity index (χ0) is 11.3. The quantitative estimate of drug-likeness (QED) is 0.674. The van der Waals surface area contributed by atoms with Crippen LogP contribution in [0.5, 0.6) is 11.5 Å². The van der Waals surface area contributed by atoms with E-state index < -0.39 is 0 Å². The maximum absolute atomic E-state index is 9.50. The fraction of sp³-hybridized carbons (Fsp3) is 0.500. The van der Waals surface area contributed by atoms with Crippen LogP contribution >= 0.6 is 0 Å². The maximum Gasteiger partial charge on any atom is 0.161 e.